The molecule has 0 aromatic carbocycles. The molecule has 9 heteroatoms. The molecule has 7 nitrogen and oxygen atoms in total. The van der Waals surface area contributed by atoms with Crippen molar-refractivity contribution in [3.8, 4) is 22.5 Å². The molecule has 0 saturated carbocycles. The van der Waals surface area contributed by atoms with E-state index in [2.05, 4.69) is 43.5 Å². The fourth-order valence-electron chi connectivity index (χ4n) is 3.33. The third-order valence-electron chi connectivity index (χ3n) is 4.69. The fourth-order valence-corrected chi connectivity index (χ4v) is 4.63. The monoisotopic (exact) mass is 398 g/mol. The topological polar surface area (TPSA) is 70.7 Å². The summed E-state index contributed by atoms with van der Waals surface area (Å²) in [5.41, 5.74) is 4.05. The van der Waals surface area contributed by atoms with Gasteiger partial charge in [-0.25, -0.2) is 9.36 Å². The number of thiophene rings is 2. The molecular weight excluding hydrogens is 380 g/mol. The highest BCUT2D eigenvalue weighted by Gasteiger charge is 2.26. The Labute approximate surface area is 164 Å². The predicted molar refractivity (Wildman–Crippen MR) is 105 cm³/mol. The van der Waals surface area contributed by atoms with E-state index in [-0.39, 0.29) is 12.2 Å². The summed E-state index contributed by atoms with van der Waals surface area (Å²) >= 11 is 3.33. The van der Waals surface area contributed by atoms with Crippen molar-refractivity contribution in [3.63, 3.8) is 0 Å². The first-order chi connectivity index (χ1) is 13.3. The summed E-state index contributed by atoms with van der Waals surface area (Å²) in [6.07, 6.45) is 6.33. The second-order valence-corrected chi connectivity index (χ2v) is 8.19. The van der Waals surface area contributed by atoms with Crippen molar-refractivity contribution in [1.29, 1.82) is 0 Å². The molecule has 4 aromatic rings. The van der Waals surface area contributed by atoms with Gasteiger partial charge >= 0.3 is 0 Å². The Bertz CT molecular complexity index is 911. The lowest BCUT2D eigenvalue weighted by atomic mass is 10.2. The van der Waals surface area contributed by atoms with E-state index in [1.54, 1.807) is 22.7 Å². The van der Waals surface area contributed by atoms with Crippen LogP contribution in [0.5, 0.6) is 0 Å². The van der Waals surface area contributed by atoms with Gasteiger partial charge in [0.05, 0.1) is 37.7 Å². The Morgan fingerprint density at radius 1 is 0.852 bits per heavy atom. The van der Waals surface area contributed by atoms with Gasteiger partial charge in [-0.05, 0) is 35.7 Å². The maximum absolute atomic E-state index is 6.20. The highest BCUT2D eigenvalue weighted by atomic mass is 32.1. The molecule has 5 rings (SSSR count). The van der Waals surface area contributed by atoms with Gasteiger partial charge in [-0.15, -0.1) is 10.2 Å². The largest absolute Gasteiger partial charge is 0.371 e. The molecule has 1 aliphatic heterocycles. The van der Waals surface area contributed by atoms with E-state index in [4.69, 9.17) is 4.74 Å². The Hall–Kier alpha value is -2.36. The molecule has 1 saturated heterocycles. The highest BCUT2D eigenvalue weighted by molar-refractivity contribution is 7.08. The quantitative estimate of drug-likeness (QED) is 0.496. The van der Waals surface area contributed by atoms with Crippen molar-refractivity contribution in [1.82, 2.24) is 30.0 Å². The van der Waals surface area contributed by atoms with Crippen LogP contribution in [0.2, 0.25) is 0 Å². The summed E-state index contributed by atoms with van der Waals surface area (Å²) in [5.74, 6) is 0. The molecule has 0 amide bonds. The van der Waals surface area contributed by atoms with Gasteiger partial charge in [0, 0.05) is 21.9 Å². The Morgan fingerprint density at radius 3 is 1.81 bits per heavy atom. The van der Waals surface area contributed by atoms with Gasteiger partial charge in [-0.1, -0.05) is 10.4 Å². The smallest absolute Gasteiger partial charge is 0.113 e. The highest BCUT2D eigenvalue weighted by Crippen LogP contribution is 2.24. The molecule has 0 bridgehead atoms. The minimum absolute atomic E-state index is 0.159. The Morgan fingerprint density at radius 2 is 1.37 bits per heavy atom. The van der Waals surface area contributed by atoms with Crippen LogP contribution in [0.1, 0.15) is 12.8 Å². The average molecular weight is 399 g/mol. The first-order valence-corrected chi connectivity index (χ1v) is 10.7. The van der Waals surface area contributed by atoms with Crippen molar-refractivity contribution in [2.75, 3.05) is 0 Å². The molecule has 0 radical (unpaired) electrons. The number of nitrogens with zero attached hydrogens (tertiary/aromatic N) is 6. The van der Waals surface area contributed by atoms with Crippen LogP contribution in [0.15, 0.2) is 46.0 Å². The first kappa shape index (κ1) is 16.8. The van der Waals surface area contributed by atoms with Crippen molar-refractivity contribution in [2.24, 2.45) is 0 Å². The van der Waals surface area contributed by atoms with Crippen LogP contribution >= 0.6 is 22.7 Å². The normalized spacial score (nSPS) is 19.7. The summed E-state index contributed by atoms with van der Waals surface area (Å²) in [7, 11) is 0. The molecule has 0 unspecified atom stereocenters. The SMILES string of the molecule is c1cc(-c2cn(C[C@H]3CC[C@H](Cn4cc(-c5ccsc5)nn4)O3)nn2)cs1. The van der Waals surface area contributed by atoms with Crippen LogP contribution in [0.25, 0.3) is 22.5 Å². The zero-order valence-electron chi connectivity index (χ0n) is 14.5. The fraction of sp³-hybridized carbons (Fsp3) is 0.333. The minimum atomic E-state index is 0.159. The van der Waals surface area contributed by atoms with Crippen LogP contribution in [0.3, 0.4) is 0 Å². The summed E-state index contributed by atoms with van der Waals surface area (Å²) in [4.78, 5) is 0. The molecule has 27 heavy (non-hydrogen) atoms. The lowest BCUT2D eigenvalue weighted by molar-refractivity contribution is 0.0229. The van der Waals surface area contributed by atoms with Crippen LogP contribution in [0.4, 0.5) is 0 Å². The van der Waals surface area contributed by atoms with E-state index in [0.29, 0.717) is 0 Å². The van der Waals surface area contributed by atoms with E-state index in [9.17, 15) is 0 Å². The van der Waals surface area contributed by atoms with Crippen LogP contribution in [0, 0.1) is 0 Å². The third kappa shape index (κ3) is 3.71. The zero-order chi connectivity index (χ0) is 18.1. The van der Waals surface area contributed by atoms with Gasteiger partial charge in [-0.3, -0.25) is 0 Å². The van der Waals surface area contributed by atoms with E-state index in [1.165, 1.54) is 0 Å². The maximum Gasteiger partial charge on any atom is 0.113 e. The molecule has 138 valence electrons. The molecule has 2 atom stereocenters. The maximum atomic E-state index is 6.20. The van der Waals surface area contributed by atoms with E-state index < -0.39 is 0 Å². The van der Waals surface area contributed by atoms with Gasteiger partial charge in [0.15, 0.2) is 0 Å². The summed E-state index contributed by atoms with van der Waals surface area (Å²) in [6, 6.07) is 4.12. The first-order valence-electron chi connectivity index (χ1n) is 8.84. The Balaban J connectivity index is 1.17. The van der Waals surface area contributed by atoms with Crippen molar-refractivity contribution >= 4 is 22.7 Å². The van der Waals surface area contributed by atoms with Crippen molar-refractivity contribution in [2.45, 2.75) is 38.1 Å². The third-order valence-corrected chi connectivity index (χ3v) is 6.05. The van der Waals surface area contributed by atoms with Gasteiger partial charge in [0.25, 0.3) is 0 Å². The molecule has 0 N–H and O–H groups in total. The van der Waals surface area contributed by atoms with E-state index >= 15 is 0 Å². The van der Waals surface area contributed by atoms with Gasteiger partial charge < -0.3 is 4.74 Å². The average Bonchev–Trinajstić information content (AvgIpc) is 3.47. The summed E-state index contributed by atoms with van der Waals surface area (Å²) < 4.78 is 9.95. The predicted octanol–water partition coefficient (Wildman–Crippen LogP) is 3.57. The lowest BCUT2D eigenvalue weighted by Gasteiger charge is -2.13. The van der Waals surface area contributed by atoms with Crippen LogP contribution < -0.4 is 0 Å². The molecule has 1 aliphatic rings. The standard InChI is InChI=1S/C18H18N6OS2/c1-2-16(8-24-10-18(20-22-24)14-4-6-27-12-14)25-15(1)7-23-9-17(19-21-23)13-3-5-26-11-13/h3-6,9-12,15-16H,1-2,7-8H2/t15-,16-/m1/s1. The molecule has 1 fully saturated rings. The van der Waals surface area contributed by atoms with Crippen LogP contribution in [-0.2, 0) is 17.8 Å². The molecule has 4 aromatic heterocycles. The number of aromatic nitrogens is 6. The summed E-state index contributed by atoms with van der Waals surface area (Å²) in [5, 5.41) is 25.3. The van der Waals surface area contributed by atoms with Gasteiger partial charge in [0.2, 0.25) is 0 Å². The second kappa shape index (κ2) is 7.34. The van der Waals surface area contributed by atoms with Gasteiger partial charge in [-0.2, -0.15) is 22.7 Å². The number of rotatable bonds is 6. The number of ether oxygens (including phenoxy) is 1. The Kier molecular flexibility index (Phi) is 4.56. The van der Waals surface area contributed by atoms with Crippen molar-refractivity contribution < 1.29 is 4.74 Å². The minimum Gasteiger partial charge on any atom is -0.371 e. The number of hydrogen-bond acceptors (Lipinski definition) is 7. The molecule has 0 aliphatic carbocycles. The van der Waals surface area contributed by atoms with Gasteiger partial charge in [0.1, 0.15) is 11.4 Å². The molecule has 0 spiro atoms. The van der Waals surface area contributed by atoms with Crippen molar-refractivity contribution in [3.05, 3.63) is 46.0 Å². The van der Waals surface area contributed by atoms with Crippen LogP contribution in [-0.4, -0.2) is 42.2 Å². The lowest BCUT2D eigenvalue weighted by Crippen LogP contribution is -2.21. The van der Waals surface area contributed by atoms with E-state index in [0.717, 1.165) is 48.4 Å². The zero-order valence-corrected chi connectivity index (χ0v) is 16.1. The second-order valence-electron chi connectivity index (χ2n) is 6.63. The molecular formula is C18H18N6OS2. The summed E-state index contributed by atoms with van der Waals surface area (Å²) in [6.45, 7) is 1.45. The van der Waals surface area contributed by atoms with E-state index in [1.807, 2.05) is 32.5 Å². The number of hydrogen-bond donors (Lipinski definition) is 0. The molecule has 5 heterocycles.